The van der Waals surface area contributed by atoms with E-state index in [4.69, 9.17) is 9.72 Å². The third-order valence-corrected chi connectivity index (χ3v) is 6.40. The molecule has 166 valence electrons. The summed E-state index contributed by atoms with van der Waals surface area (Å²) in [5.41, 5.74) is 8.48. The molecule has 0 amide bonds. The van der Waals surface area contributed by atoms with E-state index >= 15 is 0 Å². The van der Waals surface area contributed by atoms with Gasteiger partial charge in [0.25, 0.3) is 5.95 Å². The van der Waals surface area contributed by atoms with E-state index in [1.165, 1.54) is 0 Å². The maximum Gasteiger partial charge on any atom is 0.253 e. The predicted molar refractivity (Wildman–Crippen MR) is 123 cm³/mol. The van der Waals surface area contributed by atoms with Crippen LogP contribution in [0.1, 0.15) is 19.4 Å². The Labute approximate surface area is 185 Å². The van der Waals surface area contributed by atoms with E-state index in [0.717, 1.165) is 54.6 Å². The van der Waals surface area contributed by atoms with Gasteiger partial charge in [0.1, 0.15) is 11.5 Å². The number of nitrogens with one attached hydrogen (secondary N) is 3. The van der Waals surface area contributed by atoms with Crippen LogP contribution in [0.4, 0.5) is 5.95 Å². The average Bonchev–Trinajstić information content (AvgIpc) is 3.45. The average molecular weight is 434 g/mol. The maximum absolute atomic E-state index is 5.65. The number of nitrogens with zero attached hydrogens (tertiary/aromatic N) is 6. The van der Waals surface area contributed by atoms with Crippen LogP contribution in [0, 0.1) is 0 Å². The lowest BCUT2D eigenvalue weighted by Crippen LogP contribution is -2.60. The molecule has 1 unspecified atom stereocenters. The first-order valence-corrected chi connectivity index (χ1v) is 11.2. The number of hydrogen-bond acceptors (Lipinski definition) is 8. The second kappa shape index (κ2) is 8.21. The van der Waals surface area contributed by atoms with Crippen LogP contribution in [0.5, 0.6) is 0 Å². The summed E-state index contributed by atoms with van der Waals surface area (Å²) < 4.78 is 7.89. The first-order valence-electron chi connectivity index (χ1n) is 11.2. The van der Waals surface area contributed by atoms with Gasteiger partial charge in [-0.2, -0.15) is 9.98 Å². The zero-order valence-electron chi connectivity index (χ0n) is 18.0. The highest BCUT2D eigenvalue weighted by Crippen LogP contribution is 2.33. The fourth-order valence-corrected chi connectivity index (χ4v) is 4.83. The van der Waals surface area contributed by atoms with Gasteiger partial charge in [-0.1, -0.05) is 0 Å². The van der Waals surface area contributed by atoms with E-state index in [9.17, 15) is 0 Å². The third kappa shape index (κ3) is 3.55. The van der Waals surface area contributed by atoms with Crippen molar-refractivity contribution in [3.63, 3.8) is 0 Å². The fourth-order valence-electron chi connectivity index (χ4n) is 4.83. The van der Waals surface area contributed by atoms with Crippen LogP contribution in [-0.4, -0.2) is 75.3 Å². The molecule has 3 aromatic heterocycles. The van der Waals surface area contributed by atoms with Gasteiger partial charge in [0.05, 0.1) is 30.5 Å². The van der Waals surface area contributed by atoms with Crippen molar-refractivity contribution in [2.24, 2.45) is 4.99 Å². The number of aromatic nitrogens is 4. The molecule has 3 aliphatic heterocycles. The Bertz CT molecular complexity index is 1200. The van der Waals surface area contributed by atoms with Gasteiger partial charge >= 0.3 is 0 Å². The Balaban J connectivity index is 1.32. The molecule has 32 heavy (non-hydrogen) atoms. The van der Waals surface area contributed by atoms with Crippen molar-refractivity contribution >= 4 is 33.7 Å². The van der Waals surface area contributed by atoms with Gasteiger partial charge in [-0.3, -0.25) is 9.88 Å². The zero-order valence-corrected chi connectivity index (χ0v) is 18.0. The highest BCUT2D eigenvalue weighted by molar-refractivity contribution is 6.06. The molecule has 10 heteroatoms. The van der Waals surface area contributed by atoms with Crippen molar-refractivity contribution in [3.05, 3.63) is 36.8 Å². The van der Waals surface area contributed by atoms with E-state index in [1.807, 2.05) is 30.7 Å². The summed E-state index contributed by atoms with van der Waals surface area (Å²) in [5.74, 6) is 1.12. The van der Waals surface area contributed by atoms with Crippen LogP contribution >= 0.6 is 0 Å². The van der Waals surface area contributed by atoms with Crippen molar-refractivity contribution in [1.29, 1.82) is 0 Å². The van der Waals surface area contributed by atoms with Crippen LogP contribution < -0.4 is 16.2 Å². The fraction of sp³-hybridized carbons (Fsp3) is 0.455. The van der Waals surface area contributed by atoms with E-state index in [-0.39, 0.29) is 12.2 Å². The monoisotopic (exact) mass is 433 g/mol. The Kier molecular flexibility index (Phi) is 5.07. The second-order valence-electron chi connectivity index (χ2n) is 8.61. The van der Waals surface area contributed by atoms with Crippen molar-refractivity contribution < 1.29 is 4.74 Å². The van der Waals surface area contributed by atoms with Crippen molar-refractivity contribution in [3.8, 4) is 0 Å². The summed E-state index contributed by atoms with van der Waals surface area (Å²) in [4.78, 5) is 20.7. The molecule has 3 aromatic rings. The summed E-state index contributed by atoms with van der Waals surface area (Å²) in [5, 5.41) is 5.59. The van der Waals surface area contributed by atoms with Crippen molar-refractivity contribution in [2.45, 2.75) is 31.6 Å². The van der Waals surface area contributed by atoms with E-state index < -0.39 is 0 Å². The van der Waals surface area contributed by atoms with Crippen LogP contribution in [0.25, 0.3) is 21.9 Å². The van der Waals surface area contributed by atoms with Crippen LogP contribution in [-0.2, 0) is 4.74 Å². The lowest BCUT2D eigenvalue weighted by atomic mass is 10.2. The van der Waals surface area contributed by atoms with Gasteiger partial charge in [0.2, 0.25) is 0 Å². The molecule has 3 N–H and O–H groups in total. The predicted octanol–water partition coefficient (Wildman–Crippen LogP) is 1.25. The minimum absolute atomic E-state index is 0.138. The zero-order chi connectivity index (χ0) is 21.5. The van der Waals surface area contributed by atoms with Gasteiger partial charge in [-0.15, -0.1) is 0 Å². The van der Waals surface area contributed by atoms with Gasteiger partial charge in [-0.25, -0.2) is 10.4 Å². The largest absolute Gasteiger partial charge is 0.379 e. The summed E-state index contributed by atoms with van der Waals surface area (Å²) in [7, 11) is 0. The summed E-state index contributed by atoms with van der Waals surface area (Å²) >= 11 is 0. The molecule has 0 bridgehead atoms. The third-order valence-electron chi connectivity index (χ3n) is 6.40. The quantitative estimate of drug-likeness (QED) is 0.567. The highest BCUT2D eigenvalue weighted by Gasteiger charge is 2.25. The first kappa shape index (κ1) is 19.7. The molecule has 0 aliphatic carbocycles. The number of fused-ring (bicyclic) bond motifs is 3. The Hall–Kier alpha value is -2.92. The van der Waals surface area contributed by atoms with E-state index in [1.54, 1.807) is 0 Å². The molecule has 6 heterocycles. The van der Waals surface area contributed by atoms with Crippen LogP contribution in [0.15, 0.2) is 41.8 Å². The smallest absolute Gasteiger partial charge is 0.253 e. The Morgan fingerprint density at radius 3 is 3.03 bits per heavy atom. The molecular formula is C22H27N9O. The molecule has 2 saturated heterocycles. The lowest BCUT2D eigenvalue weighted by molar-refractivity contribution is 0.146. The minimum atomic E-state index is 0.138. The number of hydrogen-bond donors (Lipinski definition) is 3. The topological polar surface area (TPSA) is 105 Å². The van der Waals surface area contributed by atoms with Gasteiger partial charge in [-0.05, 0) is 31.6 Å². The molecule has 6 rings (SSSR count). The highest BCUT2D eigenvalue weighted by atomic mass is 16.5. The van der Waals surface area contributed by atoms with Crippen molar-refractivity contribution in [1.82, 2.24) is 40.6 Å². The molecule has 3 aliphatic rings. The molecule has 0 saturated carbocycles. The molecule has 2 fully saturated rings. The standard InChI is InChI=1S/C22H27N9O/c1-14-12-30(8-7-24-14)20-3-2-19(28-29-20)26-22-25-10-17-16-4-6-23-11-18(16)31(21(17)27-22)15-5-9-32-13-15/h2-4,6,10-11,14-15,20,24,29H,5,7-9,12-13H2,1H3,(H,25,26,27,28)/t14-,15+,20?/m0/s1. The molecular weight excluding hydrogens is 406 g/mol. The van der Waals surface area contributed by atoms with Gasteiger partial charge in [0.15, 0.2) is 0 Å². The minimum Gasteiger partial charge on any atom is -0.379 e. The number of amidine groups is 1. The first-order chi connectivity index (χ1) is 15.8. The van der Waals surface area contributed by atoms with E-state index in [2.05, 4.69) is 53.6 Å². The molecule has 0 aromatic carbocycles. The summed E-state index contributed by atoms with van der Waals surface area (Å²) in [6.07, 6.45) is 10.8. The number of ether oxygens (including phenoxy) is 1. The molecule has 3 atom stereocenters. The van der Waals surface area contributed by atoms with Gasteiger partial charge < -0.3 is 20.0 Å². The molecule has 0 radical (unpaired) electrons. The summed E-state index contributed by atoms with van der Waals surface area (Å²) in [6.45, 7) is 6.66. The number of pyridine rings is 1. The normalized spacial score (nSPS) is 28.0. The van der Waals surface area contributed by atoms with Crippen LogP contribution in [0.2, 0.25) is 0 Å². The number of piperazine rings is 1. The maximum atomic E-state index is 5.65. The molecule has 0 spiro atoms. The summed E-state index contributed by atoms with van der Waals surface area (Å²) in [6, 6.07) is 2.75. The lowest BCUT2D eigenvalue weighted by Gasteiger charge is -2.38. The Morgan fingerprint density at radius 2 is 2.22 bits per heavy atom. The molecule has 10 nitrogen and oxygen atoms in total. The SMILES string of the molecule is C[C@H]1CN(C2C=C/C(=N\c3ncc4c5ccncc5n([C@@H]5CCOC5)c4n3)NN2)CCN1. The Morgan fingerprint density at radius 1 is 1.25 bits per heavy atom. The van der Waals surface area contributed by atoms with E-state index in [0.29, 0.717) is 24.4 Å². The van der Waals surface area contributed by atoms with Gasteiger partial charge in [0, 0.05) is 55.4 Å². The second-order valence-corrected chi connectivity index (χ2v) is 8.61. The van der Waals surface area contributed by atoms with Crippen molar-refractivity contribution in [2.75, 3.05) is 32.8 Å². The number of rotatable bonds is 3. The number of hydrazine groups is 1. The number of aliphatic imine (C=N–C) groups is 1. The van der Waals surface area contributed by atoms with Crippen LogP contribution in [0.3, 0.4) is 0 Å².